The Bertz CT molecular complexity index is 1180. The molecule has 0 radical (unpaired) electrons. The van der Waals surface area contributed by atoms with Gasteiger partial charge in [-0.25, -0.2) is 0 Å². The van der Waals surface area contributed by atoms with Gasteiger partial charge in [0.2, 0.25) is 0 Å². The summed E-state index contributed by atoms with van der Waals surface area (Å²) in [5, 5.41) is 13.7. The Morgan fingerprint density at radius 2 is 1.94 bits per heavy atom. The Balaban J connectivity index is 1.67. The first-order valence-corrected chi connectivity index (χ1v) is 13.6. The van der Waals surface area contributed by atoms with Crippen LogP contribution in [0, 0.1) is 13.8 Å². The highest BCUT2D eigenvalue weighted by molar-refractivity contribution is 9.10. The number of nitrogens with one attached hydrogen (secondary N) is 1. The lowest BCUT2D eigenvalue weighted by Crippen LogP contribution is -2.43. The number of primary amides is 1. The molecule has 2 aromatic rings. The van der Waals surface area contributed by atoms with E-state index in [0.717, 1.165) is 10.0 Å². The summed E-state index contributed by atoms with van der Waals surface area (Å²) in [5.41, 5.74) is 9.86. The van der Waals surface area contributed by atoms with Gasteiger partial charge in [0, 0.05) is 46.7 Å². The summed E-state index contributed by atoms with van der Waals surface area (Å²) in [6.45, 7) is 5.10. The van der Waals surface area contributed by atoms with Crippen LogP contribution in [0.3, 0.4) is 0 Å². The maximum Gasteiger partial charge on any atom is 0.256 e. The standard InChI is InChI=1S/C23H29BrN4O5S/c1-13-20(10-18-17-9-15(24)3-4-19(17)26-23(18)31)28(14(2)21(13)22(25)30)12-16(29)11-27-5-7-34(32,33)8-6-27/h3-4,9-10,16,29,32-33H,5-8,11-12H2,1-2H3,(H2,25,30)(H,26,31)/b18-10-. The van der Waals surface area contributed by atoms with Crippen LogP contribution in [0.15, 0.2) is 22.7 Å². The van der Waals surface area contributed by atoms with Gasteiger partial charge in [-0.2, -0.15) is 10.6 Å². The number of nitrogens with zero attached hydrogens (tertiary/aromatic N) is 2. The summed E-state index contributed by atoms with van der Waals surface area (Å²) in [5.74, 6) is -0.210. The van der Waals surface area contributed by atoms with Gasteiger partial charge in [0.05, 0.1) is 35.3 Å². The molecular formula is C23H29BrN4O5S. The van der Waals surface area contributed by atoms with Crippen LogP contribution in [0.1, 0.15) is 32.9 Å². The lowest BCUT2D eigenvalue weighted by atomic mass is 10.0. The third-order valence-electron chi connectivity index (χ3n) is 6.44. The summed E-state index contributed by atoms with van der Waals surface area (Å²) in [7, 11) is -2.51. The molecule has 2 aliphatic rings. The third kappa shape index (κ3) is 4.95. The van der Waals surface area contributed by atoms with E-state index >= 15 is 0 Å². The van der Waals surface area contributed by atoms with Crippen molar-refractivity contribution in [2.75, 3.05) is 36.5 Å². The van der Waals surface area contributed by atoms with Crippen LogP contribution in [-0.4, -0.2) is 72.7 Å². The van der Waals surface area contributed by atoms with Gasteiger partial charge in [-0.1, -0.05) is 15.9 Å². The van der Waals surface area contributed by atoms with Gasteiger partial charge in [-0.05, 0) is 43.7 Å². The number of rotatable bonds is 6. The van der Waals surface area contributed by atoms with E-state index < -0.39 is 22.6 Å². The molecule has 1 aromatic heterocycles. The van der Waals surface area contributed by atoms with Crippen molar-refractivity contribution in [1.29, 1.82) is 0 Å². The Labute approximate surface area is 208 Å². The normalized spacial score (nSPS) is 20.8. The number of hydrogen-bond donors (Lipinski definition) is 5. The molecule has 0 aliphatic carbocycles. The second kappa shape index (κ2) is 9.48. The van der Waals surface area contributed by atoms with Crippen molar-refractivity contribution in [3.63, 3.8) is 0 Å². The van der Waals surface area contributed by atoms with Crippen molar-refractivity contribution in [1.82, 2.24) is 9.47 Å². The number of aliphatic hydroxyl groups excluding tert-OH is 1. The van der Waals surface area contributed by atoms with Crippen molar-refractivity contribution in [3.8, 4) is 0 Å². The summed E-state index contributed by atoms with van der Waals surface area (Å²) >= 11 is 3.45. The first-order valence-electron chi connectivity index (χ1n) is 10.9. The Hall–Kier alpha value is -2.15. The smallest absolute Gasteiger partial charge is 0.256 e. The molecule has 184 valence electrons. The zero-order valence-corrected chi connectivity index (χ0v) is 21.4. The van der Waals surface area contributed by atoms with Crippen LogP contribution in [0.5, 0.6) is 0 Å². The van der Waals surface area contributed by atoms with Crippen LogP contribution in [0.25, 0.3) is 11.6 Å². The molecule has 34 heavy (non-hydrogen) atoms. The van der Waals surface area contributed by atoms with E-state index in [9.17, 15) is 23.8 Å². The Morgan fingerprint density at radius 3 is 2.59 bits per heavy atom. The highest BCUT2D eigenvalue weighted by atomic mass is 79.9. The fourth-order valence-corrected chi connectivity index (χ4v) is 6.32. The van der Waals surface area contributed by atoms with Crippen molar-refractivity contribution in [3.05, 3.63) is 50.8 Å². The van der Waals surface area contributed by atoms with Gasteiger partial charge in [0.1, 0.15) is 0 Å². The molecular weight excluding hydrogens is 524 g/mol. The number of halogens is 1. The molecule has 1 atom stereocenters. The molecule has 4 rings (SSSR count). The summed E-state index contributed by atoms with van der Waals surface area (Å²) < 4.78 is 22.3. The third-order valence-corrected chi connectivity index (χ3v) is 8.61. The van der Waals surface area contributed by atoms with Gasteiger partial charge < -0.3 is 20.7 Å². The fourth-order valence-electron chi connectivity index (χ4n) is 4.66. The molecule has 2 amide bonds. The summed E-state index contributed by atoms with van der Waals surface area (Å²) in [6.07, 6.45) is 0.965. The minimum absolute atomic E-state index is 0.193. The first kappa shape index (κ1) is 25.0. The molecule has 1 unspecified atom stereocenters. The maximum atomic E-state index is 12.7. The van der Waals surface area contributed by atoms with E-state index in [1.807, 2.05) is 27.7 Å². The van der Waals surface area contributed by atoms with E-state index in [0.29, 0.717) is 64.9 Å². The Morgan fingerprint density at radius 1 is 1.26 bits per heavy atom. The number of aromatic nitrogens is 1. The SMILES string of the molecule is Cc1c(C(N)=O)c(C)n(CC(O)CN2CCS(O)(O)CC2)c1/C=C1\C(=O)Nc2ccc(Br)cc21. The first-order chi connectivity index (χ1) is 16.0. The van der Waals surface area contributed by atoms with E-state index in [4.69, 9.17) is 5.73 Å². The largest absolute Gasteiger partial charge is 0.390 e. The fraction of sp³-hybridized carbons (Fsp3) is 0.391. The molecule has 2 aliphatic heterocycles. The summed E-state index contributed by atoms with van der Waals surface area (Å²) in [4.78, 5) is 26.9. The lowest BCUT2D eigenvalue weighted by Gasteiger charge is -2.41. The number of β-amino-alcohol motifs (C(OH)–C–C–N with tert-alkyl or cyclic N) is 1. The van der Waals surface area contributed by atoms with Gasteiger partial charge in [0.15, 0.2) is 0 Å². The van der Waals surface area contributed by atoms with Crippen molar-refractivity contribution in [2.45, 2.75) is 26.5 Å². The number of amides is 2. The number of fused-ring (bicyclic) bond motifs is 1. The molecule has 1 fully saturated rings. The molecule has 9 nitrogen and oxygen atoms in total. The average molecular weight is 553 g/mol. The molecule has 11 heteroatoms. The number of aliphatic hydroxyl groups is 1. The minimum Gasteiger partial charge on any atom is -0.390 e. The number of nitrogens with two attached hydrogens (primary N) is 1. The molecule has 0 bridgehead atoms. The zero-order chi connectivity index (χ0) is 24.8. The molecule has 0 spiro atoms. The van der Waals surface area contributed by atoms with E-state index in [2.05, 4.69) is 21.2 Å². The van der Waals surface area contributed by atoms with Crippen molar-refractivity contribution in [2.24, 2.45) is 5.73 Å². The second-order valence-electron chi connectivity index (χ2n) is 8.81. The van der Waals surface area contributed by atoms with Crippen molar-refractivity contribution >= 4 is 55.7 Å². The predicted molar refractivity (Wildman–Crippen MR) is 138 cm³/mol. The quantitative estimate of drug-likeness (QED) is 0.349. The van der Waals surface area contributed by atoms with E-state index in [-0.39, 0.29) is 12.5 Å². The molecule has 1 saturated heterocycles. The van der Waals surface area contributed by atoms with Gasteiger partial charge >= 0.3 is 0 Å². The highest BCUT2D eigenvalue weighted by Crippen LogP contribution is 2.40. The van der Waals surface area contributed by atoms with Crippen molar-refractivity contribution < 1.29 is 23.8 Å². The number of benzene rings is 1. The number of anilines is 1. The topological polar surface area (TPSA) is 141 Å². The minimum atomic E-state index is -2.51. The number of hydrogen-bond acceptors (Lipinski definition) is 6. The van der Waals surface area contributed by atoms with Crippen LogP contribution >= 0.6 is 26.5 Å². The van der Waals surface area contributed by atoms with Crippen LogP contribution < -0.4 is 11.1 Å². The number of carbonyl (C=O) groups is 2. The number of carbonyl (C=O) groups excluding carboxylic acids is 2. The van der Waals surface area contributed by atoms with Crippen LogP contribution in [0.2, 0.25) is 0 Å². The monoisotopic (exact) mass is 552 g/mol. The van der Waals surface area contributed by atoms with Gasteiger partial charge in [-0.15, -0.1) is 0 Å². The van der Waals surface area contributed by atoms with Crippen LogP contribution in [-0.2, 0) is 11.3 Å². The van der Waals surface area contributed by atoms with E-state index in [1.54, 1.807) is 19.9 Å². The highest BCUT2D eigenvalue weighted by Gasteiger charge is 2.28. The van der Waals surface area contributed by atoms with Gasteiger partial charge in [0.25, 0.3) is 11.8 Å². The van der Waals surface area contributed by atoms with Gasteiger partial charge in [-0.3, -0.25) is 23.6 Å². The van der Waals surface area contributed by atoms with E-state index in [1.165, 1.54) is 0 Å². The maximum absolute atomic E-state index is 12.7. The molecule has 1 aromatic carbocycles. The lowest BCUT2D eigenvalue weighted by molar-refractivity contribution is -0.110. The molecule has 3 heterocycles. The molecule has 6 N–H and O–H groups in total. The molecule has 0 saturated carbocycles. The Kier molecular flexibility index (Phi) is 6.96. The second-order valence-corrected chi connectivity index (χ2v) is 12.1. The zero-order valence-electron chi connectivity index (χ0n) is 19.0. The summed E-state index contributed by atoms with van der Waals surface area (Å²) in [6, 6.07) is 5.53. The average Bonchev–Trinajstić information content (AvgIpc) is 3.17. The van der Waals surface area contributed by atoms with Crippen LogP contribution in [0.4, 0.5) is 5.69 Å². The predicted octanol–water partition coefficient (Wildman–Crippen LogP) is 2.89.